The van der Waals surface area contributed by atoms with Crippen LogP contribution in [-0.2, 0) is 0 Å². The molecule has 1 aliphatic heterocycles. The summed E-state index contributed by atoms with van der Waals surface area (Å²) < 4.78 is 5.24. The zero-order valence-corrected chi connectivity index (χ0v) is 15.9. The molecule has 1 aromatic heterocycles. The Hall–Kier alpha value is -2.54. The van der Waals surface area contributed by atoms with Gasteiger partial charge in [-0.05, 0) is 44.9 Å². The fraction of sp³-hybridized carbons (Fsp3) is 0.389. The number of anilines is 3. The zero-order chi connectivity index (χ0) is 18.7. The summed E-state index contributed by atoms with van der Waals surface area (Å²) in [6.45, 7) is 5.68. The van der Waals surface area contributed by atoms with Crippen LogP contribution in [-0.4, -0.2) is 36.2 Å². The number of hydrogen-bond donors (Lipinski definition) is 2. The third-order valence-corrected chi connectivity index (χ3v) is 4.53. The van der Waals surface area contributed by atoms with Gasteiger partial charge in [-0.25, -0.2) is 14.8 Å². The van der Waals surface area contributed by atoms with Crippen molar-refractivity contribution in [2.75, 3.05) is 35.7 Å². The number of nitrogens with zero attached hydrogens (tertiary/aromatic N) is 3. The van der Waals surface area contributed by atoms with Gasteiger partial charge in [0.25, 0.3) is 0 Å². The lowest BCUT2D eigenvalue weighted by Gasteiger charge is -2.19. The Bertz CT molecular complexity index is 798. The highest BCUT2D eigenvalue weighted by Gasteiger charge is 2.18. The van der Waals surface area contributed by atoms with Crippen molar-refractivity contribution in [3.8, 4) is 5.75 Å². The quantitative estimate of drug-likeness (QED) is 0.844. The molecule has 1 aromatic carbocycles. The van der Waals surface area contributed by atoms with Gasteiger partial charge in [0.15, 0.2) is 0 Å². The largest absolute Gasteiger partial charge is 0.495 e. The fourth-order valence-electron chi connectivity index (χ4n) is 2.98. The minimum absolute atomic E-state index is 0.408. The number of carbonyl (C=O) groups excluding carboxylic acids is 1. The Morgan fingerprint density at radius 3 is 2.42 bits per heavy atom. The highest BCUT2D eigenvalue weighted by atomic mass is 35.5. The number of ether oxygens (including phenoxy) is 1. The van der Waals surface area contributed by atoms with E-state index in [4.69, 9.17) is 16.3 Å². The average molecular weight is 376 g/mol. The molecule has 0 bridgehead atoms. The first kappa shape index (κ1) is 18.3. The number of methoxy groups -OCH3 is 1. The Morgan fingerprint density at radius 1 is 1.15 bits per heavy atom. The molecule has 3 rings (SSSR count). The number of nitrogens with one attached hydrogen (secondary N) is 2. The third kappa shape index (κ3) is 3.99. The van der Waals surface area contributed by atoms with E-state index in [2.05, 4.69) is 25.5 Å². The molecule has 0 unspecified atom stereocenters. The van der Waals surface area contributed by atoms with Gasteiger partial charge in [0.1, 0.15) is 5.75 Å². The molecule has 7 nitrogen and oxygen atoms in total. The molecule has 2 N–H and O–H groups in total. The maximum Gasteiger partial charge on any atom is 0.323 e. The third-order valence-electron chi connectivity index (χ3n) is 4.30. The standard InChI is InChI=1S/C18H22ClN5O2/c1-11-16(12(2)21-17(20-11)24-8-4-5-9-24)23-18(25)22-14-10-13(19)6-7-15(14)26-3/h6-7,10H,4-5,8-9H2,1-3H3,(H2,22,23,25). The number of aryl methyl sites for hydroxylation is 2. The first-order valence-corrected chi connectivity index (χ1v) is 8.87. The van der Waals surface area contributed by atoms with E-state index in [0.717, 1.165) is 43.3 Å². The predicted octanol–water partition coefficient (Wildman–Crippen LogP) is 4.00. The smallest absolute Gasteiger partial charge is 0.323 e. The number of amides is 2. The van der Waals surface area contributed by atoms with Gasteiger partial charge >= 0.3 is 6.03 Å². The molecule has 2 heterocycles. The van der Waals surface area contributed by atoms with Gasteiger partial charge in [-0.15, -0.1) is 0 Å². The molecule has 0 saturated carbocycles. The van der Waals surface area contributed by atoms with Crippen molar-refractivity contribution in [1.82, 2.24) is 9.97 Å². The highest BCUT2D eigenvalue weighted by molar-refractivity contribution is 6.31. The van der Waals surface area contributed by atoms with E-state index < -0.39 is 6.03 Å². The van der Waals surface area contributed by atoms with E-state index in [-0.39, 0.29) is 0 Å². The molecule has 1 saturated heterocycles. The van der Waals surface area contributed by atoms with Crippen molar-refractivity contribution in [1.29, 1.82) is 0 Å². The topological polar surface area (TPSA) is 79.4 Å². The summed E-state index contributed by atoms with van der Waals surface area (Å²) in [6, 6.07) is 4.62. The molecule has 1 aliphatic rings. The summed E-state index contributed by atoms with van der Waals surface area (Å²) in [5.74, 6) is 1.25. The first-order valence-electron chi connectivity index (χ1n) is 8.49. The van der Waals surface area contributed by atoms with E-state index in [9.17, 15) is 4.79 Å². The molecule has 26 heavy (non-hydrogen) atoms. The molecular weight excluding hydrogens is 354 g/mol. The Balaban J connectivity index is 1.76. The van der Waals surface area contributed by atoms with Crippen LogP contribution in [0.1, 0.15) is 24.2 Å². The molecule has 8 heteroatoms. The van der Waals surface area contributed by atoms with Crippen LogP contribution in [0.5, 0.6) is 5.75 Å². The first-order chi connectivity index (χ1) is 12.5. The van der Waals surface area contributed by atoms with E-state index in [1.165, 1.54) is 7.11 Å². The number of benzene rings is 1. The summed E-state index contributed by atoms with van der Waals surface area (Å²) in [7, 11) is 1.53. The van der Waals surface area contributed by atoms with Crippen LogP contribution >= 0.6 is 11.6 Å². The van der Waals surface area contributed by atoms with Crippen molar-refractivity contribution in [2.24, 2.45) is 0 Å². The van der Waals surface area contributed by atoms with Crippen LogP contribution in [0, 0.1) is 13.8 Å². The lowest BCUT2D eigenvalue weighted by molar-refractivity contribution is 0.262. The van der Waals surface area contributed by atoms with Crippen molar-refractivity contribution in [3.63, 3.8) is 0 Å². The van der Waals surface area contributed by atoms with Crippen molar-refractivity contribution in [2.45, 2.75) is 26.7 Å². The monoisotopic (exact) mass is 375 g/mol. The van der Waals surface area contributed by atoms with Gasteiger partial charge in [0, 0.05) is 18.1 Å². The van der Waals surface area contributed by atoms with Gasteiger partial charge in [-0.3, -0.25) is 0 Å². The van der Waals surface area contributed by atoms with Gasteiger partial charge in [-0.2, -0.15) is 0 Å². The normalized spacial score (nSPS) is 13.6. The molecule has 1 fully saturated rings. The summed E-state index contributed by atoms with van der Waals surface area (Å²) in [4.78, 5) is 23.7. The number of halogens is 1. The number of hydrogen-bond acceptors (Lipinski definition) is 5. The summed E-state index contributed by atoms with van der Waals surface area (Å²) in [5, 5.41) is 6.08. The van der Waals surface area contributed by atoms with E-state index >= 15 is 0 Å². The van der Waals surface area contributed by atoms with E-state index in [1.54, 1.807) is 18.2 Å². The van der Waals surface area contributed by atoms with Crippen LogP contribution < -0.4 is 20.3 Å². The maximum atomic E-state index is 12.4. The van der Waals surface area contributed by atoms with Crippen molar-refractivity contribution in [3.05, 3.63) is 34.6 Å². The molecule has 0 radical (unpaired) electrons. The fourth-order valence-corrected chi connectivity index (χ4v) is 3.16. The second-order valence-electron chi connectivity index (χ2n) is 6.19. The minimum atomic E-state index is -0.408. The second kappa shape index (κ2) is 7.78. The number of rotatable bonds is 4. The molecular formula is C18H22ClN5O2. The van der Waals surface area contributed by atoms with Gasteiger partial charge in [0.05, 0.1) is 29.9 Å². The lowest BCUT2D eigenvalue weighted by atomic mass is 10.2. The molecule has 2 amide bonds. The summed E-state index contributed by atoms with van der Waals surface area (Å²) >= 11 is 6.00. The Morgan fingerprint density at radius 2 is 1.81 bits per heavy atom. The zero-order valence-electron chi connectivity index (χ0n) is 15.1. The SMILES string of the molecule is COc1ccc(Cl)cc1NC(=O)Nc1c(C)nc(N2CCCC2)nc1C. The average Bonchev–Trinajstić information content (AvgIpc) is 3.13. The number of urea groups is 1. The predicted molar refractivity (Wildman–Crippen MR) is 104 cm³/mol. The minimum Gasteiger partial charge on any atom is -0.495 e. The Labute approximate surface area is 157 Å². The van der Waals surface area contributed by atoms with Gasteiger partial charge in [0.2, 0.25) is 5.95 Å². The maximum absolute atomic E-state index is 12.4. The van der Waals surface area contributed by atoms with Gasteiger partial charge < -0.3 is 20.3 Å². The molecule has 0 spiro atoms. The van der Waals surface area contributed by atoms with Crippen LogP contribution in [0.3, 0.4) is 0 Å². The van der Waals surface area contributed by atoms with Crippen LogP contribution in [0.4, 0.5) is 22.1 Å². The van der Waals surface area contributed by atoms with E-state index in [1.807, 2.05) is 13.8 Å². The highest BCUT2D eigenvalue weighted by Crippen LogP contribution is 2.28. The van der Waals surface area contributed by atoms with Crippen LogP contribution in [0.2, 0.25) is 5.02 Å². The molecule has 138 valence electrons. The molecule has 0 aliphatic carbocycles. The number of aromatic nitrogens is 2. The lowest BCUT2D eigenvalue weighted by Crippen LogP contribution is -2.24. The summed E-state index contributed by atoms with van der Waals surface area (Å²) in [6.07, 6.45) is 2.32. The molecule has 0 atom stereocenters. The van der Waals surface area contributed by atoms with Crippen molar-refractivity contribution >= 4 is 35.0 Å². The number of carbonyl (C=O) groups is 1. The Kier molecular flexibility index (Phi) is 5.46. The van der Waals surface area contributed by atoms with Gasteiger partial charge in [-0.1, -0.05) is 11.6 Å². The van der Waals surface area contributed by atoms with Crippen LogP contribution in [0.15, 0.2) is 18.2 Å². The van der Waals surface area contributed by atoms with Crippen molar-refractivity contribution < 1.29 is 9.53 Å². The summed E-state index contributed by atoms with van der Waals surface area (Å²) in [5.41, 5.74) is 2.55. The van der Waals surface area contributed by atoms with E-state index in [0.29, 0.717) is 22.1 Å². The van der Waals surface area contributed by atoms with Crippen LogP contribution in [0.25, 0.3) is 0 Å². The molecule has 2 aromatic rings. The second-order valence-corrected chi connectivity index (χ2v) is 6.62.